The van der Waals surface area contributed by atoms with Crippen LogP contribution >= 0.6 is 11.3 Å². The number of amides is 2. The molecular formula is C34H46N6O4S. The van der Waals surface area contributed by atoms with E-state index in [4.69, 9.17) is 4.52 Å². The molecule has 10 nitrogen and oxygen atoms in total. The van der Waals surface area contributed by atoms with Crippen LogP contribution in [0.15, 0.2) is 40.4 Å². The number of thiazole rings is 1. The fraction of sp³-hybridized carbons (Fsp3) is 0.588. The maximum atomic E-state index is 14.1. The lowest BCUT2D eigenvalue weighted by Crippen LogP contribution is -2.48. The van der Waals surface area contributed by atoms with E-state index in [9.17, 15) is 14.7 Å². The van der Waals surface area contributed by atoms with Gasteiger partial charge in [0.15, 0.2) is 11.6 Å². The molecule has 45 heavy (non-hydrogen) atoms. The third-order valence-electron chi connectivity index (χ3n) is 10.2. The van der Waals surface area contributed by atoms with Crippen LogP contribution in [0.3, 0.4) is 0 Å². The van der Waals surface area contributed by atoms with E-state index in [1.807, 2.05) is 63.5 Å². The van der Waals surface area contributed by atoms with Gasteiger partial charge < -0.3 is 30.1 Å². The number of β-amino-alcohol motifs (C(OH)–C–C–N with tert-alkyl or cyclic N) is 1. The van der Waals surface area contributed by atoms with E-state index < -0.39 is 18.1 Å². The normalized spacial score (nSPS) is 23.0. The van der Waals surface area contributed by atoms with Crippen LogP contribution in [0.2, 0.25) is 0 Å². The third-order valence-corrected chi connectivity index (χ3v) is 11.2. The van der Waals surface area contributed by atoms with Gasteiger partial charge in [-0.25, -0.2) is 4.98 Å². The summed E-state index contributed by atoms with van der Waals surface area (Å²) in [6.07, 6.45) is 4.16. The van der Waals surface area contributed by atoms with E-state index in [1.54, 1.807) is 11.3 Å². The van der Waals surface area contributed by atoms with Crippen molar-refractivity contribution in [3.8, 4) is 10.4 Å². The minimum absolute atomic E-state index is 0.0845. The molecule has 0 radical (unpaired) electrons. The van der Waals surface area contributed by atoms with Gasteiger partial charge in [-0.05, 0) is 75.1 Å². The molecule has 242 valence electrons. The van der Waals surface area contributed by atoms with Gasteiger partial charge in [0.05, 0.1) is 28.2 Å². The highest BCUT2D eigenvalue weighted by Crippen LogP contribution is 2.41. The van der Waals surface area contributed by atoms with E-state index >= 15 is 0 Å². The van der Waals surface area contributed by atoms with Crippen molar-refractivity contribution in [2.75, 3.05) is 37.6 Å². The minimum atomic E-state index is -0.768. The molecule has 6 rings (SSSR count). The predicted molar refractivity (Wildman–Crippen MR) is 175 cm³/mol. The largest absolute Gasteiger partial charge is 0.391 e. The van der Waals surface area contributed by atoms with Crippen LogP contribution in [-0.4, -0.2) is 76.8 Å². The first-order valence-electron chi connectivity index (χ1n) is 16.4. The number of nitrogens with one attached hydrogen (secondary N) is 2. The molecule has 0 aliphatic carbocycles. The number of carbonyl (C=O) groups is 2. The zero-order valence-electron chi connectivity index (χ0n) is 26.8. The second-order valence-electron chi connectivity index (χ2n) is 13.6. The standard InChI is InChI=1S/C34H46N6O4S/c1-21(2)30(28-18-29(38-44-28)39-15-11-34(12-16-39)9-13-35-14-10-34)33(43)40-19-26(41)17-27(40)32(42)37-22(3)24-5-7-25(8-6-24)31-23(4)36-20-45-31/h5-8,18,20-22,26-27,30,35,41H,9-17,19H2,1-4H3,(H,37,42)/t22-,26+,27-,30?/m0/s1. The van der Waals surface area contributed by atoms with E-state index in [0.29, 0.717) is 11.2 Å². The molecule has 0 bridgehead atoms. The van der Waals surface area contributed by atoms with Crippen LogP contribution in [0.25, 0.3) is 10.4 Å². The third kappa shape index (κ3) is 6.66. The highest BCUT2D eigenvalue weighted by molar-refractivity contribution is 7.13. The number of aliphatic hydroxyl groups is 1. The van der Waals surface area contributed by atoms with Crippen LogP contribution in [-0.2, 0) is 9.59 Å². The smallest absolute Gasteiger partial charge is 0.243 e. The zero-order chi connectivity index (χ0) is 31.7. The van der Waals surface area contributed by atoms with Crippen molar-refractivity contribution in [1.82, 2.24) is 25.7 Å². The monoisotopic (exact) mass is 634 g/mol. The van der Waals surface area contributed by atoms with Crippen molar-refractivity contribution in [1.29, 1.82) is 0 Å². The average Bonchev–Trinajstić information content (AvgIpc) is 3.78. The number of piperidine rings is 2. The number of aryl methyl sites for hydroxylation is 1. The summed E-state index contributed by atoms with van der Waals surface area (Å²) in [6, 6.07) is 8.98. The number of rotatable bonds is 8. The van der Waals surface area contributed by atoms with Crippen molar-refractivity contribution in [3.63, 3.8) is 0 Å². The SMILES string of the molecule is Cc1ncsc1-c1ccc([C@H](C)NC(=O)[C@@H]2C[C@@H](O)CN2C(=O)C(c2cc(N3CCC4(CCNCC4)CC3)no2)C(C)C)cc1. The number of carbonyl (C=O) groups excluding carboxylic acids is 2. The summed E-state index contributed by atoms with van der Waals surface area (Å²) in [5.74, 6) is 0.112. The number of hydrogen-bond donors (Lipinski definition) is 3. The maximum Gasteiger partial charge on any atom is 0.243 e. The Labute approximate surface area is 269 Å². The number of nitrogens with zero attached hydrogens (tertiary/aromatic N) is 4. The number of hydrogen-bond acceptors (Lipinski definition) is 9. The molecule has 3 aromatic rings. The summed E-state index contributed by atoms with van der Waals surface area (Å²) in [5.41, 5.74) is 5.32. The molecule has 3 aliphatic rings. The Morgan fingerprint density at radius 3 is 2.47 bits per heavy atom. The van der Waals surface area contributed by atoms with Gasteiger partial charge in [0.1, 0.15) is 12.0 Å². The van der Waals surface area contributed by atoms with E-state index in [2.05, 4.69) is 25.7 Å². The molecule has 3 saturated heterocycles. The fourth-order valence-electron chi connectivity index (χ4n) is 7.36. The summed E-state index contributed by atoms with van der Waals surface area (Å²) in [4.78, 5) is 37.0. The van der Waals surface area contributed by atoms with Gasteiger partial charge in [-0.1, -0.05) is 43.3 Å². The van der Waals surface area contributed by atoms with Gasteiger partial charge in [0.2, 0.25) is 11.8 Å². The average molecular weight is 635 g/mol. The topological polar surface area (TPSA) is 124 Å². The van der Waals surface area contributed by atoms with Gasteiger partial charge in [-0.15, -0.1) is 11.3 Å². The molecule has 4 atom stereocenters. The van der Waals surface area contributed by atoms with Gasteiger partial charge in [-0.3, -0.25) is 9.59 Å². The Morgan fingerprint density at radius 1 is 1.11 bits per heavy atom. The lowest BCUT2D eigenvalue weighted by molar-refractivity contribution is -0.141. The molecule has 1 spiro atoms. The van der Waals surface area contributed by atoms with E-state index in [1.165, 1.54) is 17.7 Å². The van der Waals surface area contributed by atoms with Crippen molar-refractivity contribution >= 4 is 29.0 Å². The first-order chi connectivity index (χ1) is 21.6. The lowest BCUT2D eigenvalue weighted by Gasteiger charge is -2.44. The molecule has 3 aliphatic heterocycles. The van der Waals surface area contributed by atoms with Crippen LogP contribution in [0.1, 0.15) is 81.9 Å². The molecule has 2 amide bonds. The van der Waals surface area contributed by atoms with Crippen LogP contribution < -0.4 is 15.5 Å². The molecule has 0 saturated carbocycles. The highest BCUT2D eigenvalue weighted by Gasteiger charge is 2.44. The number of benzene rings is 1. The Morgan fingerprint density at radius 2 is 1.82 bits per heavy atom. The van der Waals surface area contributed by atoms with Crippen LogP contribution in [0, 0.1) is 18.3 Å². The highest BCUT2D eigenvalue weighted by atomic mass is 32.1. The summed E-state index contributed by atoms with van der Waals surface area (Å²) < 4.78 is 5.83. The molecule has 1 aromatic carbocycles. The summed E-state index contributed by atoms with van der Waals surface area (Å²) in [6.45, 7) is 12.0. The zero-order valence-corrected chi connectivity index (χ0v) is 27.6. The molecule has 3 N–H and O–H groups in total. The fourth-order valence-corrected chi connectivity index (χ4v) is 8.17. The van der Waals surface area contributed by atoms with Crippen LogP contribution in [0.4, 0.5) is 5.82 Å². The minimum Gasteiger partial charge on any atom is -0.391 e. The first-order valence-corrected chi connectivity index (χ1v) is 17.2. The van der Waals surface area contributed by atoms with Crippen molar-refractivity contribution in [2.24, 2.45) is 11.3 Å². The number of likely N-dealkylation sites (tertiary alicyclic amines) is 1. The van der Waals surface area contributed by atoms with Gasteiger partial charge in [0, 0.05) is 32.1 Å². The summed E-state index contributed by atoms with van der Waals surface area (Å²) in [7, 11) is 0. The van der Waals surface area contributed by atoms with Gasteiger partial charge in [-0.2, -0.15) is 0 Å². The molecule has 5 heterocycles. The molecule has 11 heteroatoms. The Balaban J connectivity index is 1.11. The van der Waals surface area contributed by atoms with Crippen molar-refractivity contribution in [2.45, 2.75) is 83.9 Å². The quantitative estimate of drug-likeness (QED) is 0.327. The second-order valence-corrected chi connectivity index (χ2v) is 14.4. The lowest BCUT2D eigenvalue weighted by atomic mass is 9.71. The molecular weight excluding hydrogens is 588 g/mol. The first kappa shape index (κ1) is 31.7. The molecule has 3 fully saturated rings. The number of aliphatic hydroxyl groups excluding tert-OH is 1. The number of anilines is 1. The summed E-state index contributed by atoms with van der Waals surface area (Å²) in [5, 5.41) is 21.6. The molecule has 1 unspecified atom stereocenters. The van der Waals surface area contributed by atoms with Gasteiger partial charge >= 0.3 is 0 Å². The Hall–Kier alpha value is -3.28. The van der Waals surface area contributed by atoms with E-state index in [0.717, 1.165) is 66.5 Å². The molecule has 2 aromatic heterocycles. The van der Waals surface area contributed by atoms with Gasteiger partial charge in [0.25, 0.3) is 0 Å². The van der Waals surface area contributed by atoms with Crippen molar-refractivity contribution in [3.05, 3.63) is 52.9 Å². The second kappa shape index (κ2) is 13.2. The Bertz CT molecular complexity index is 1470. The van der Waals surface area contributed by atoms with Crippen LogP contribution in [0.5, 0.6) is 0 Å². The number of aromatic nitrogens is 2. The maximum absolute atomic E-state index is 14.1. The van der Waals surface area contributed by atoms with Crippen molar-refractivity contribution < 1.29 is 19.2 Å². The summed E-state index contributed by atoms with van der Waals surface area (Å²) >= 11 is 1.61. The Kier molecular flexibility index (Phi) is 9.31. The van der Waals surface area contributed by atoms with E-state index in [-0.39, 0.29) is 36.7 Å². The predicted octanol–water partition coefficient (Wildman–Crippen LogP) is 4.66.